The molecule has 0 saturated carbocycles. The van der Waals surface area contributed by atoms with E-state index in [1.165, 1.54) is 12.1 Å². The van der Waals surface area contributed by atoms with Crippen LogP contribution in [-0.2, 0) is 6.42 Å². The van der Waals surface area contributed by atoms with Crippen LogP contribution in [0, 0.1) is 21.4 Å². The fraction of sp³-hybridized carbons (Fsp3) is 0.300. The van der Waals surface area contributed by atoms with Crippen molar-refractivity contribution in [2.24, 2.45) is 0 Å². The van der Waals surface area contributed by atoms with E-state index in [2.05, 4.69) is 4.74 Å². The van der Waals surface area contributed by atoms with Crippen LogP contribution >= 0.6 is 0 Å². The van der Waals surface area contributed by atoms with Gasteiger partial charge < -0.3 is 4.74 Å². The van der Waals surface area contributed by atoms with E-state index in [0.717, 1.165) is 6.07 Å². The number of rotatable bonds is 5. The summed E-state index contributed by atoms with van der Waals surface area (Å²) in [7, 11) is 0. The van der Waals surface area contributed by atoms with Crippen LogP contribution in [0.4, 0.5) is 14.5 Å². The van der Waals surface area contributed by atoms with Gasteiger partial charge in [-0.2, -0.15) is 14.0 Å². The zero-order valence-corrected chi connectivity index (χ0v) is 8.60. The minimum Gasteiger partial charge on any atom is -0.427 e. The number of halogens is 2. The molecule has 0 aliphatic carbocycles. The highest BCUT2D eigenvalue weighted by molar-refractivity contribution is 5.51. The zero-order valence-electron chi connectivity index (χ0n) is 8.60. The SMILES string of the molecule is N#CCCc1cccc([N+](=O)[O-])c1OC(F)F. The van der Waals surface area contributed by atoms with E-state index in [4.69, 9.17) is 5.26 Å². The van der Waals surface area contributed by atoms with Gasteiger partial charge in [-0.25, -0.2) is 0 Å². The molecule has 1 rings (SSSR count). The first-order valence-corrected chi connectivity index (χ1v) is 4.64. The molecule has 0 spiro atoms. The third-order valence-electron chi connectivity index (χ3n) is 1.99. The number of benzene rings is 1. The molecule has 0 aliphatic heterocycles. The average Bonchev–Trinajstić information content (AvgIpc) is 2.26. The van der Waals surface area contributed by atoms with Gasteiger partial charge >= 0.3 is 12.3 Å². The Morgan fingerprint density at radius 1 is 1.53 bits per heavy atom. The fourth-order valence-electron chi connectivity index (χ4n) is 1.33. The Labute approximate surface area is 95.4 Å². The summed E-state index contributed by atoms with van der Waals surface area (Å²) in [6.45, 7) is -3.14. The minimum atomic E-state index is -3.14. The second-order valence-corrected chi connectivity index (χ2v) is 3.06. The monoisotopic (exact) mass is 242 g/mol. The zero-order chi connectivity index (χ0) is 12.8. The summed E-state index contributed by atoms with van der Waals surface area (Å²) < 4.78 is 28.5. The van der Waals surface area contributed by atoms with Crippen molar-refractivity contribution in [3.05, 3.63) is 33.9 Å². The van der Waals surface area contributed by atoms with Crippen LogP contribution in [-0.4, -0.2) is 11.5 Å². The van der Waals surface area contributed by atoms with Gasteiger partial charge in [0.2, 0.25) is 5.75 Å². The molecule has 90 valence electrons. The highest BCUT2D eigenvalue weighted by Crippen LogP contribution is 2.32. The lowest BCUT2D eigenvalue weighted by molar-refractivity contribution is -0.386. The Kier molecular flexibility index (Phi) is 4.34. The topological polar surface area (TPSA) is 76.2 Å². The lowest BCUT2D eigenvalue weighted by atomic mass is 10.1. The largest absolute Gasteiger partial charge is 0.427 e. The molecule has 0 heterocycles. The Morgan fingerprint density at radius 3 is 2.76 bits per heavy atom. The summed E-state index contributed by atoms with van der Waals surface area (Å²) in [5.41, 5.74) is -0.304. The average molecular weight is 242 g/mol. The van der Waals surface area contributed by atoms with Crippen molar-refractivity contribution in [3.8, 4) is 11.8 Å². The molecule has 0 unspecified atom stereocenters. The number of alkyl halides is 2. The van der Waals surface area contributed by atoms with Crippen LogP contribution in [0.5, 0.6) is 5.75 Å². The van der Waals surface area contributed by atoms with Crippen LogP contribution in [0.25, 0.3) is 0 Å². The van der Waals surface area contributed by atoms with Crippen molar-refractivity contribution in [2.45, 2.75) is 19.5 Å². The van der Waals surface area contributed by atoms with Gasteiger partial charge in [-0.1, -0.05) is 12.1 Å². The second kappa shape index (κ2) is 5.75. The first-order valence-electron chi connectivity index (χ1n) is 4.64. The molecule has 1 aromatic carbocycles. The first kappa shape index (κ1) is 12.8. The van der Waals surface area contributed by atoms with Gasteiger partial charge in [0.1, 0.15) is 0 Å². The Morgan fingerprint density at radius 2 is 2.24 bits per heavy atom. The van der Waals surface area contributed by atoms with E-state index in [-0.39, 0.29) is 18.4 Å². The van der Waals surface area contributed by atoms with E-state index in [1.807, 2.05) is 6.07 Å². The number of ether oxygens (including phenoxy) is 1. The molecule has 0 saturated heterocycles. The third kappa shape index (κ3) is 3.38. The summed E-state index contributed by atoms with van der Waals surface area (Å²) >= 11 is 0. The molecule has 1 aromatic rings. The van der Waals surface area contributed by atoms with Crippen molar-refractivity contribution < 1.29 is 18.4 Å². The molecule has 0 aromatic heterocycles. The molecule has 17 heavy (non-hydrogen) atoms. The first-order chi connectivity index (χ1) is 8.06. The third-order valence-corrected chi connectivity index (χ3v) is 1.99. The number of hydrogen-bond donors (Lipinski definition) is 0. The predicted molar refractivity (Wildman–Crippen MR) is 53.7 cm³/mol. The van der Waals surface area contributed by atoms with E-state index in [0.29, 0.717) is 0 Å². The van der Waals surface area contributed by atoms with Gasteiger partial charge in [0.15, 0.2) is 0 Å². The maximum atomic E-state index is 12.2. The number of nitro benzene ring substituents is 1. The van der Waals surface area contributed by atoms with Crippen LogP contribution in [0.2, 0.25) is 0 Å². The minimum absolute atomic E-state index is 0.0702. The molecule has 0 bridgehead atoms. The van der Waals surface area contributed by atoms with Crippen molar-refractivity contribution >= 4 is 5.69 Å². The number of nitro groups is 1. The molecule has 0 atom stereocenters. The maximum absolute atomic E-state index is 12.2. The summed E-state index contributed by atoms with van der Waals surface area (Å²) in [5.74, 6) is -0.470. The van der Waals surface area contributed by atoms with Crippen LogP contribution in [0.15, 0.2) is 18.2 Å². The van der Waals surface area contributed by atoms with Crippen molar-refractivity contribution in [1.82, 2.24) is 0 Å². The van der Waals surface area contributed by atoms with Gasteiger partial charge in [-0.15, -0.1) is 0 Å². The summed E-state index contributed by atoms with van der Waals surface area (Å²) in [6.07, 6.45) is 0.195. The lowest BCUT2D eigenvalue weighted by Crippen LogP contribution is -2.07. The fourth-order valence-corrected chi connectivity index (χ4v) is 1.33. The van der Waals surface area contributed by atoms with Gasteiger partial charge in [0, 0.05) is 18.1 Å². The van der Waals surface area contributed by atoms with E-state index in [9.17, 15) is 18.9 Å². The molecule has 0 fully saturated rings. The predicted octanol–water partition coefficient (Wildman–Crippen LogP) is 2.65. The number of nitrogens with zero attached hydrogens (tertiary/aromatic N) is 2. The quantitative estimate of drug-likeness (QED) is 0.587. The van der Waals surface area contributed by atoms with E-state index < -0.39 is 23.0 Å². The smallest absolute Gasteiger partial charge is 0.387 e. The molecule has 7 heteroatoms. The summed E-state index contributed by atoms with van der Waals surface area (Å²) in [5, 5.41) is 19.1. The van der Waals surface area contributed by atoms with Gasteiger partial charge in [-0.05, 0) is 6.42 Å². The molecular formula is C10H8F2N2O3. The molecule has 0 N–H and O–H groups in total. The van der Waals surface area contributed by atoms with Crippen LogP contribution in [0.1, 0.15) is 12.0 Å². The Balaban J connectivity index is 3.15. The standard InChI is InChI=1S/C10H8F2N2O3/c11-10(12)17-9-7(4-2-6-13)3-1-5-8(9)14(15)16/h1,3,5,10H,2,4H2. The molecule has 0 radical (unpaired) electrons. The van der Waals surface area contributed by atoms with Gasteiger partial charge in [0.05, 0.1) is 11.0 Å². The van der Waals surface area contributed by atoms with Crippen molar-refractivity contribution in [3.63, 3.8) is 0 Å². The molecule has 0 amide bonds. The Hall–Kier alpha value is -2.23. The molecule has 0 aliphatic rings. The van der Waals surface area contributed by atoms with Crippen molar-refractivity contribution in [2.75, 3.05) is 0 Å². The van der Waals surface area contributed by atoms with Crippen molar-refractivity contribution in [1.29, 1.82) is 5.26 Å². The summed E-state index contributed by atoms with van der Waals surface area (Å²) in [6, 6.07) is 5.69. The maximum Gasteiger partial charge on any atom is 0.387 e. The van der Waals surface area contributed by atoms with E-state index >= 15 is 0 Å². The summed E-state index contributed by atoms with van der Waals surface area (Å²) in [4.78, 5) is 9.85. The number of para-hydroxylation sites is 1. The number of aryl methyl sites for hydroxylation is 1. The van der Waals surface area contributed by atoms with Crippen LogP contribution in [0.3, 0.4) is 0 Å². The second-order valence-electron chi connectivity index (χ2n) is 3.06. The molecule has 5 nitrogen and oxygen atoms in total. The number of nitriles is 1. The highest BCUT2D eigenvalue weighted by Gasteiger charge is 2.21. The Bertz CT molecular complexity index is 457. The normalized spacial score (nSPS) is 10.0. The van der Waals surface area contributed by atoms with Gasteiger partial charge in [-0.3, -0.25) is 10.1 Å². The van der Waals surface area contributed by atoms with Crippen LogP contribution < -0.4 is 4.74 Å². The number of hydrogen-bond acceptors (Lipinski definition) is 4. The van der Waals surface area contributed by atoms with Gasteiger partial charge in [0.25, 0.3) is 0 Å². The van der Waals surface area contributed by atoms with E-state index in [1.54, 1.807) is 0 Å². The lowest BCUT2D eigenvalue weighted by Gasteiger charge is -2.09. The highest BCUT2D eigenvalue weighted by atomic mass is 19.3. The molecular weight excluding hydrogens is 234 g/mol.